The first-order valence-corrected chi connectivity index (χ1v) is 11.9. The van der Waals surface area contributed by atoms with Crippen molar-refractivity contribution in [1.82, 2.24) is 0 Å². The van der Waals surface area contributed by atoms with Gasteiger partial charge in [0, 0.05) is 16.1 Å². The van der Waals surface area contributed by atoms with E-state index in [2.05, 4.69) is 20.8 Å². The summed E-state index contributed by atoms with van der Waals surface area (Å²) in [7, 11) is 0. The molecular weight excluding hydrogens is 430 g/mol. The molecule has 170 valence electrons. The number of aryl methyl sites for hydroxylation is 3. The molecule has 0 radical (unpaired) electrons. The van der Waals surface area contributed by atoms with Crippen LogP contribution in [-0.2, 0) is 15.0 Å². The van der Waals surface area contributed by atoms with Gasteiger partial charge in [0.2, 0.25) is 0 Å². The van der Waals surface area contributed by atoms with E-state index in [0.717, 1.165) is 27.1 Å². The fourth-order valence-corrected chi connectivity index (χ4v) is 5.09. The molecule has 1 amide bonds. The van der Waals surface area contributed by atoms with Crippen molar-refractivity contribution in [3.63, 3.8) is 0 Å². The highest BCUT2D eigenvalue weighted by molar-refractivity contribution is 7.10. The molecule has 5 heteroatoms. The lowest BCUT2D eigenvalue weighted by molar-refractivity contribution is -0.132. The molecule has 1 aliphatic rings. The molecule has 0 aliphatic carbocycles. The summed E-state index contributed by atoms with van der Waals surface area (Å²) in [6.07, 6.45) is 0. The van der Waals surface area contributed by atoms with Gasteiger partial charge >= 0.3 is 0 Å². The molecule has 4 nitrogen and oxygen atoms in total. The van der Waals surface area contributed by atoms with Gasteiger partial charge in [-0.05, 0) is 72.0 Å². The first kappa shape index (κ1) is 23.0. The zero-order chi connectivity index (χ0) is 24.1. The van der Waals surface area contributed by atoms with Gasteiger partial charge in [-0.2, -0.15) is 0 Å². The van der Waals surface area contributed by atoms with Gasteiger partial charge in [0.05, 0.1) is 5.57 Å². The number of hydrogen-bond donors (Lipinski definition) is 1. The Labute approximate surface area is 199 Å². The first-order valence-electron chi connectivity index (χ1n) is 11.0. The number of aliphatic hydroxyl groups excluding tert-OH is 1. The highest BCUT2D eigenvalue weighted by atomic mass is 32.1. The number of thiophene rings is 1. The number of anilines is 1. The fraction of sp³-hybridized carbons (Fsp3) is 0.286. The zero-order valence-corrected chi connectivity index (χ0v) is 20.7. The van der Waals surface area contributed by atoms with Gasteiger partial charge < -0.3 is 5.11 Å². The van der Waals surface area contributed by atoms with Gasteiger partial charge in [-0.15, -0.1) is 11.3 Å². The minimum Gasteiger partial charge on any atom is -0.507 e. The topological polar surface area (TPSA) is 57.6 Å². The molecule has 0 spiro atoms. The molecule has 1 aromatic heterocycles. The van der Waals surface area contributed by atoms with Crippen molar-refractivity contribution >= 4 is 34.5 Å². The highest BCUT2D eigenvalue weighted by Gasteiger charge is 2.48. The predicted molar refractivity (Wildman–Crippen MR) is 135 cm³/mol. The minimum atomic E-state index is -0.678. The van der Waals surface area contributed by atoms with Crippen LogP contribution in [0.15, 0.2) is 59.5 Å². The number of Topliss-reactive ketones (excluding diaryl/α,β-unsaturated/α-hetero) is 1. The van der Waals surface area contributed by atoms with E-state index in [4.69, 9.17) is 0 Å². The number of amides is 1. The number of ketones is 1. The number of aliphatic hydroxyl groups is 1. The summed E-state index contributed by atoms with van der Waals surface area (Å²) in [5.41, 5.74) is 5.08. The summed E-state index contributed by atoms with van der Waals surface area (Å²) in [5.74, 6) is -1.40. The van der Waals surface area contributed by atoms with E-state index >= 15 is 0 Å². The largest absolute Gasteiger partial charge is 0.507 e. The molecule has 1 N–H and O–H groups in total. The maximum atomic E-state index is 13.4. The van der Waals surface area contributed by atoms with Gasteiger partial charge in [0.1, 0.15) is 11.8 Å². The van der Waals surface area contributed by atoms with Crippen molar-refractivity contribution in [2.24, 2.45) is 0 Å². The molecule has 3 aromatic rings. The van der Waals surface area contributed by atoms with Gasteiger partial charge in [0.25, 0.3) is 11.7 Å². The normalized spacial score (nSPS) is 18.2. The summed E-state index contributed by atoms with van der Waals surface area (Å²) in [6.45, 7) is 12.1. The molecular formula is C28H29NO3S. The van der Waals surface area contributed by atoms with Gasteiger partial charge in [-0.25, -0.2) is 0 Å². The molecule has 33 heavy (non-hydrogen) atoms. The molecule has 0 saturated carbocycles. The van der Waals surface area contributed by atoms with Gasteiger partial charge in [-0.1, -0.05) is 51.1 Å². The van der Waals surface area contributed by atoms with Crippen LogP contribution in [0.4, 0.5) is 5.69 Å². The van der Waals surface area contributed by atoms with Crippen molar-refractivity contribution in [1.29, 1.82) is 0 Å². The Morgan fingerprint density at radius 1 is 0.970 bits per heavy atom. The predicted octanol–water partition coefficient (Wildman–Crippen LogP) is 6.60. The number of hydrogen-bond acceptors (Lipinski definition) is 4. The minimum absolute atomic E-state index is 0.122. The molecule has 4 rings (SSSR count). The lowest BCUT2D eigenvalue weighted by Crippen LogP contribution is -2.29. The standard InChI is InChI=1S/C28H29NO3S/c1-16-9-10-18(3)21(14-16)29-24(22-8-7-13-33-22)23(26(31)27(29)32)25(30)20-15-19(28(4,5)6)12-11-17(20)2/h7-15,24,30H,1-6H3/b25-23+. The summed E-state index contributed by atoms with van der Waals surface area (Å²) >= 11 is 1.47. The van der Waals surface area contributed by atoms with Crippen LogP contribution in [0.3, 0.4) is 0 Å². The van der Waals surface area contributed by atoms with Crippen LogP contribution >= 0.6 is 11.3 Å². The molecule has 1 fully saturated rings. The van der Waals surface area contributed by atoms with Crippen LogP contribution < -0.4 is 4.90 Å². The Morgan fingerprint density at radius 3 is 2.30 bits per heavy atom. The van der Waals surface area contributed by atoms with Crippen LogP contribution in [-0.4, -0.2) is 16.8 Å². The monoisotopic (exact) mass is 459 g/mol. The molecule has 0 bridgehead atoms. The summed E-state index contributed by atoms with van der Waals surface area (Å²) < 4.78 is 0. The fourth-order valence-electron chi connectivity index (χ4n) is 4.26. The Hall–Kier alpha value is -3.18. The number of carbonyl (C=O) groups is 2. The zero-order valence-electron chi connectivity index (χ0n) is 19.9. The summed E-state index contributed by atoms with van der Waals surface area (Å²) in [6, 6.07) is 14.9. The SMILES string of the molecule is Cc1ccc(C)c(N2C(=O)C(=O)/C(=C(/O)c3cc(C(C)(C)C)ccc3C)C2c2cccs2)c1. The molecule has 2 aromatic carbocycles. The van der Waals surface area contributed by atoms with Crippen LogP contribution in [0.2, 0.25) is 0 Å². The smallest absolute Gasteiger partial charge is 0.300 e. The molecule has 1 unspecified atom stereocenters. The number of carbonyl (C=O) groups excluding carboxylic acids is 2. The van der Waals surface area contributed by atoms with E-state index in [0.29, 0.717) is 11.3 Å². The van der Waals surface area contributed by atoms with Crippen molar-refractivity contribution in [3.8, 4) is 0 Å². The molecule has 1 saturated heterocycles. The molecule has 1 aliphatic heterocycles. The third-order valence-corrected chi connectivity index (χ3v) is 7.16. The average Bonchev–Trinajstić information content (AvgIpc) is 3.36. The second-order valence-electron chi connectivity index (χ2n) is 9.75. The van der Waals surface area contributed by atoms with Crippen LogP contribution in [0.5, 0.6) is 0 Å². The Balaban J connectivity index is 1.98. The van der Waals surface area contributed by atoms with E-state index in [1.54, 1.807) is 4.90 Å². The molecule has 2 heterocycles. The van der Waals surface area contributed by atoms with Crippen molar-refractivity contribution in [3.05, 3.63) is 92.2 Å². The third-order valence-electron chi connectivity index (χ3n) is 6.24. The molecule has 1 atom stereocenters. The number of nitrogens with zero attached hydrogens (tertiary/aromatic N) is 1. The number of benzene rings is 2. The van der Waals surface area contributed by atoms with Crippen LogP contribution in [0.1, 0.15) is 59.5 Å². The summed E-state index contributed by atoms with van der Waals surface area (Å²) in [5, 5.41) is 13.4. The van der Waals surface area contributed by atoms with Crippen molar-refractivity contribution in [2.45, 2.75) is 53.0 Å². The highest BCUT2D eigenvalue weighted by Crippen LogP contribution is 2.45. The first-order chi connectivity index (χ1) is 15.5. The van der Waals surface area contributed by atoms with Crippen LogP contribution in [0.25, 0.3) is 5.76 Å². The van der Waals surface area contributed by atoms with E-state index in [1.165, 1.54) is 11.3 Å². The van der Waals surface area contributed by atoms with E-state index < -0.39 is 17.7 Å². The second kappa shape index (κ2) is 8.31. The van der Waals surface area contributed by atoms with Gasteiger partial charge in [-0.3, -0.25) is 14.5 Å². The van der Waals surface area contributed by atoms with Crippen molar-refractivity contribution < 1.29 is 14.7 Å². The summed E-state index contributed by atoms with van der Waals surface area (Å²) in [4.78, 5) is 29.1. The maximum Gasteiger partial charge on any atom is 0.300 e. The van der Waals surface area contributed by atoms with Crippen molar-refractivity contribution in [2.75, 3.05) is 4.90 Å². The van der Waals surface area contributed by atoms with E-state index in [-0.39, 0.29) is 16.7 Å². The Kier molecular flexibility index (Phi) is 5.79. The van der Waals surface area contributed by atoms with E-state index in [1.807, 2.05) is 74.7 Å². The number of rotatable bonds is 3. The van der Waals surface area contributed by atoms with E-state index in [9.17, 15) is 14.7 Å². The Morgan fingerprint density at radius 2 is 1.67 bits per heavy atom. The quantitative estimate of drug-likeness (QED) is 0.273. The third kappa shape index (κ3) is 4.02. The maximum absolute atomic E-state index is 13.4. The second-order valence-corrected chi connectivity index (χ2v) is 10.7. The lowest BCUT2D eigenvalue weighted by atomic mass is 9.84. The Bertz CT molecular complexity index is 1280. The van der Waals surface area contributed by atoms with Crippen LogP contribution in [0, 0.1) is 20.8 Å². The van der Waals surface area contributed by atoms with Gasteiger partial charge in [0.15, 0.2) is 0 Å². The average molecular weight is 460 g/mol. The lowest BCUT2D eigenvalue weighted by Gasteiger charge is -2.26.